The summed E-state index contributed by atoms with van der Waals surface area (Å²) in [5.74, 6) is 0.894. The molecule has 3 heterocycles. The fourth-order valence-electron chi connectivity index (χ4n) is 3.69. The van der Waals surface area contributed by atoms with E-state index in [4.69, 9.17) is 4.74 Å². The van der Waals surface area contributed by atoms with Crippen molar-refractivity contribution in [3.63, 3.8) is 0 Å². The number of hydrogen-bond acceptors (Lipinski definition) is 8. The molecule has 1 aliphatic heterocycles. The minimum atomic E-state index is -0.742. The SMILES string of the molecule is CO[C@H](C(=O)Cc1nnc(C[C@@H]2CCN(c3cccnn3)C2)s1)c1ccc(F)cc1. The van der Waals surface area contributed by atoms with Crippen molar-refractivity contribution in [2.75, 3.05) is 25.1 Å². The van der Waals surface area contributed by atoms with Gasteiger partial charge in [0, 0.05) is 32.8 Å². The molecule has 30 heavy (non-hydrogen) atoms. The molecule has 0 saturated carbocycles. The van der Waals surface area contributed by atoms with Crippen LogP contribution in [-0.2, 0) is 22.4 Å². The molecule has 0 aliphatic carbocycles. The maximum Gasteiger partial charge on any atom is 0.172 e. The van der Waals surface area contributed by atoms with Gasteiger partial charge in [-0.2, -0.15) is 5.10 Å². The molecule has 2 atom stereocenters. The zero-order chi connectivity index (χ0) is 20.9. The third kappa shape index (κ3) is 4.85. The minimum Gasteiger partial charge on any atom is -0.369 e. The van der Waals surface area contributed by atoms with Crippen LogP contribution < -0.4 is 4.90 Å². The predicted molar refractivity (Wildman–Crippen MR) is 111 cm³/mol. The van der Waals surface area contributed by atoms with Crippen molar-refractivity contribution in [3.05, 3.63) is 64.0 Å². The van der Waals surface area contributed by atoms with Gasteiger partial charge in [-0.1, -0.05) is 12.1 Å². The first-order chi connectivity index (χ1) is 14.6. The van der Waals surface area contributed by atoms with Crippen LogP contribution in [0.3, 0.4) is 0 Å². The maximum atomic E-state index is 13.1. The Bertz CT molecular complexity index is 983. The summed E-state index contributed by atoms with van der Waals surface area (Å²) in [6.45, 7) is 1.85. The molecule has 0 N–H and O–H groups in total. The first-order valence-corrected chi connectivity index (χ1v) is 10.6. The average molecular weight is 428 g/mol. The summed E-state index contributed by atoms with van der Waals surface area (Å²) in [6, 6.07) is 9.64. The smallest absolute Gasteiger partial charge is 0.172 e. The van der Waals surface area contributed by atoms with Crippen LogP contribution >= 0.6 is 11.3 Å². The van der Waals surface area contributed by atoms with Gasteiger partial charge in [-0.25, -0.2) is 4.39 Å². The van der Waals surface area contributed by atoms with Gasteiger partial charge in [0.1, 0.15) is 21.9 Å². The van der Waals surface area contributed by atoms with Gasteiger partial charge in [-0.15, -0.1) is 26.6 Å². The van der Waals surface area contributed by atoms with E-state index in [0.717, 1.165) is 36.8 Å². The van der Waals surface area contributed by atoms with E-state index in [1.54, 1.807) is 18.3 Å². The highest BCUT2D eigenvalue weighted by molar-refractivity contribution is 7.11. The predicted octanol–water partition coefficient (Wildman–Crippen LogP) is 3.04. The molecule has 0 bridgehead atoms. The normalized spacial score (nSPS) is 17.3. The van der Waals surface area contributed by atoms with Gasteiger partial charge in [-0.05, 0) is 42.2 Å². The lowest BCUT2D eigenvalue weighted by molar-refractivity contribution is -0.128. The number of ketones is 1. The highest BCUT2D eigenvalue weighted by Gasteiger charge is 2.26. The Balaban J connectivity index is 1.34. The Morgan fingerprint density at radius 2 is 2.03 bits per heavy atom. The number of aromatic nitrogens is 4. The standard InChI is InChI=1S/C21H22FN5O2S/c1-29-21(15-4-6-16(22)7-5-15)17(28)12-20-26-25-19(30-20)11-14-8-10-27(13-14)18-3-2-9-23-24-18/h2-7,9,14,21H,8,10-13H2,1H3/t14-,21-/m0/s1. The second-order valence-corrected chi connectivity index (χ2v) is 8.43. The van der Waals surface area contributed by atoms with E-state index >= 15 is 0 Å². The van der Waals surface area contributed by atoms with Crippen LogP contribution in [0.25, 0.3) is 0 Å². The van der Waals surface area contributed by atoms with Crippen molar-refractivity contribution in [1.82, 2.24) is 20.4 Å². The van der Waals surface area contributed by atoms with Gasteiger partial charge in [0.25, 0.3) is 0 Å². The number of hydrogen-bond donors (Lipinski definition) is 0. The molecule has 2 aromatic heterocycles. The van der Waals surface area contributed by atoms with E-state index in [1.807, 2.05) is 12.1 Å². The van der Waals surface area contributed by atoms with Crippen molar-refractivity contribution in [1.29, 1.82) is 0 Å². The molecule has 156 valence electrons. The monoisotopic (exact) mass is 427 g/mol. The van der Waals surface area contributed by atoms with Crippen molar-refractivity contribution < 1.29 is 13.9 Å². The number of Topliss-reactive ketones (excluding diaryl/α,β-unsaturated/α-hetero) is 1. The Morgan fingerprint density at radius 1 is 1.23 bits per heavy atom. The number of halogens is 1. The summed E-state index contributed by atoms with van der Waals surface area (Å²) in [6.07, 6.45) is 2.96. The van der Waals surface area contributed by atoms with E-state index in [2.05, 4.69) is 25.3 Å². The third-order valence-corrected chi connectivity index (χ3v) is 6.11. The van der Waals surface area contributed by atoms with E-state index in [1.165, 1.54) is 30.6 Å². The molecule has 0 unspecified atom stereocenters. The minimum absolute atomic E-state index is 0.124. The molecular weight excluding hydrogens is 405 g/mol. The number of carbonyl (C=O) groups excluding carboxylic acids is 1. The van der Waals surface area contributed by atoms with Crippen LogP contribution in [0.5, 0.6) is 0 Å². The lowest BCUT2D eigenvalue weighted by Crippen LogP contribution is -2.21. The summed E-state index contributed by atoms with van der Waals surface area (Å²) in [5.41, 5.74) is 0.628. The molecule has 3 aromatic rings. The molecule has 0 radical (unpaired) electrons. The number of nitrogens with zero attached hydrogens (tertiary/aromatic N) is 5. The van der Waals surface area contributed by atoms with E-state index in [-0.39, 0.29) is 18.0 Å². The summed E-state index contributed by atoms with van der Waals surface area (Å²) in [4.78, 5) is 14.9. The molecule has 9 heteroatoms. The lowest BCUT2D eigenvalue weighted by Gasteiger charge is -2.15. The van der Waals surface area contributed by atoms with Gasteiger partial charge in [0.05, 0.1) is 6.42 Å². The zero-order valence-electron chi connectivity index (χ0n) is 16.6. The Labute approximate surface area is 177 Å². The van der Waals surface area contributed by atoms with Crippen LogP contribution in [0, 0.1) is 11.7 Å². The molecule has 1 fully saturated rings. The van der Waals surface area contributed by atoms with Crippen LogP contribution in [0.2, 0.25) is 0 Å². The summed E-state index contributed by atoms with van der Waals surface area (Å²) in [5, 5.41) is 18.2. The van der Waals surface area contributed by atoms with Crippen LogP contribution in [-0.4, -0.2) is 46.4 Å². The number of methoxy groups -OCH3 is 1. The summed E-state index contributed by atoms with van der Waals surface area (Å²) < 4.78 is 18.5. The van der Waals surface area contributed by atoms with E-state index in [0.29, 0.717) is 16.5 Å². The lowest BCUT2D eigenvalue weighted by atomic mass is 10.0. The molecular formula is C21H22FN5O2S. The number of rotatable bonds is 8. The maximum absolute atomic E-state index is 13.1. The first-order valence-electron chi connectivity index (χ1n) is 9.77. The first kappa shape index (κ1) is 20.5. The van der Waals surface area contributed by atoms with Crippen LogP contribution in [0.4, 0.5) is 10.2 Å². The molecule has 4 rings (SSSR count). The van der Waals surface area contributed by atoms with E-state index < -0.39 is 6.10 Å². The van der Waals surface area contributed by atoms with Crippen molar-refractivity contribution in [3.8, 4) is 0 Å². The van der Waals surface area contributed by atoms with Crippen LogP contribution in [0.15, 0.2) is 42.6 Å². The molecule has 7 nitrogen and oxygen atoms in total. The highest BCUT2D eigenvalue weighted by Crippen LogP contribution is 2.26. The number of benzene rings is 1. The Kier molecular flexibility index (Phi) is 6.39. The van der Waals surface area contributed by atoms with Gasteiger partial charge < -0.3 is 9.64 Å². The van der Waals surface area contributed by atoms with Gasteiger partial charge in [0.2, 0.25) is 0 Å². The van der Waals surface area contributed by atoms with Gasteiger partial charge in [0.15, 0.2) is 11.6 Å². The fourth-order valence-corrected chi connectivity index (χ4v) is 4.66. The van der Waals surface area contributed by atoms with Crippen molar-refractivity contribution in [2.24, 2.45) is 5.92 Å². The van der Waals surface area contributed by atoms with E-state index in [9.17, 15) is 9.18 Å². The topological polar surface area (TPSA) is 81.1 Å². The quantitative estimate of drug-likeness (QED) is 0.547. The second kappa shape index (κ2) is 9.36. The van der Waals surface area contributed by atoms with Gasteiger partial charge >= 0.3 is 0 Å². The van der Waals surface area contributed by atoms with Crippen LogP contribution in [0.1, 0.15) is 28.1 Å². The molecule has 0 amide bonds. The fraction of sp³-hybridized carbons (Fsp3) is 0.381. The molecule has 1 aliphatic rings. The summed E-state index contributed by atoms with van der Waals surface area (Å²) >= 11 is 1.47. The van der Waals surface area contributed by atoms with Crippen molar-refractivity contribution >= 4 is 22.9 Å². The summed E-state index contributed by atoms with van der Waals surface area (Å²) in [7, 11) is 1.47. The van der Waals surface area contributed by atoms with Gasteiger partial charge in [-0.3, -0.25) is 4.79 Å². The highest BCUT2D eigenvalue weighted by atomic mass is 32.1. The second-order valence-electron chi connectivity index (χ2n) is 7.29. The number of ether oxygens (including phenoxy) is 1. The molecule has 0 spiro atoms. The Morgan fingerprint density at radius 3 is 2.77 bits per heavy atom. The zero-order valence-corrected chi connectivity index (χ0v) is 17.4. The Hall–Kier alpha value is -2.78. The number of carbonyl (C=O) groups is 1. The van der Waals surface area contributed by atoms with Crippen molar-refractivity contribution in [2.45, 2.75) is 25.4 Å². The third-order valence-electron chi connectivity index (χ3n) is 5.17. The molecule has 1 saturated heterocycles. The average Bonchev–Trinajstić information content (AvgIpc) is 3.40. The largest absolute Gasteiger partial charge is 0.369 e. The molecule has 1 aromatic carbocycles. The number of anilines is 1.